The summed E-state index contributed by atoms with van der Waals surface area (Å²) < 4.78 is 2.20. The molecule has 1 atom stereocenters. The van der Waals surface area contributed by atoms with E-state index >= 15 is 0 Å². The predicted molar refractivity (Wildman–Crippen MR) is 125 cm³/mol. The van der Waals surface area contributed by atoms with Gasteiger partial charge >= 0.3 is 0 Å². The molecular formula is C24H33N7O. The number of carbonyl (C=O) groups excluding carboxylic acids is 1. The molecule has 2 fully saturated rings. The zero-order valence-electron chi connectivity index (χ0n) is 19.3. The van der Waals surface area contributed by atoms with Gasteiger partial charge in [0, 0.05) is 37.1 Å². The van der Waals surface area contributed by atoms with Crippen LogP contribution in [0.3, 0.4) is 0 Å². The summed E-state index contributed by atoms with van der Waals surface area (Å²) in [7, 11) is 1.98. The van der Waals surface area contributed by atoms with Gasteiger partial charge in [-0.15, -0.1) is 5.10 Å². The Hall–Kier alpha value is -2.92. The number of hydrogen-bond donors (Lipinski definition) is 1. The maximum atomic E-state index is 13.0. The molecule has 1 saturated carbocycles. The molecular weight excluding hydrogens is 402 g/mol. The lowest BCUT2D eigenvalue weighted by atomic mass is 10.2. The molecule has 0 bridgehead atoms. The van der Waals surface area contributed by atoms with Gasteiger partial charge in [0.1, 0.15) is 11.9 Å². The molecule has 2 aliphatic rings. The van der Waals surface area contributed by atoms with Gasteiger partial charge in [0.05, 0.1) is 12.1 Å². The molecule has 170 valence electrons. The van der Waals surface area contributed by atoms with Crippen LogP contribution in [0.4, 0.5) is 11.6 Å². The van der Waals surface area contributed by atoms with Crippen molar-refractivity contribution in [2.24, 2.45) is 0 Å². The predicted octanol–water partition coefficient (Wildman–Crippen LogP) is 3.42. The van der Waals surface area contributed by atoms with Crippen molar-refractivity contribution in [2.45, 2.75) is 64.5 Å². The lowest BCUT2D eigenvalue weighted by molar-refractivity contribution is -0.117. The maximum absolute atomic E-state index is 13.0. The Morgan fingerprint density at radius 1 is 1.28 bits per heavy atom. The quantitative estimate of drug-likeness (QED) is 0.717. The van der Waals surface area contributed by atoms with Crippen molar-refractivity contribution in [2.75, 3.05) is 36.9 Å². The average Bonchev–Trinajstić information content (AvgIpc) is 3.50. The summed E-state index contributed by atoms with van der Waals surface area (Å²) in [4.78, 5) is 17.3. The van der Waals surface area contributed by atoms with Crippen molar-refractivity contribution >= 4 is 17.5 Å². The Labute approximate surface area is 190 Å². The Morgan fingerprint density at radius 3 is 2.75 bits per heavy atom. The van der Waals surface area contributed by atoms with Crippen LogP contribution >= 0.6 is 0 Å². The van der Waals surface area contributed by atoms with Crippen molar-refractivity contribution in [1.29, 1.82) is 5.26 Å². The van der Waals surface area contributed by atoms with Gasteiger partial charge in [0.25, 0.3) is 0 Å². The molecule has 0 radical (unpaired) electrons. The number of nitrogens with one attached hydrogen (secondary N) is 1. The molecule has 1 saturated heterocycles. The molecule has 32 heavy (non-hydrogen) atoms. The highest BCUT2D eigenvalue weighted by molar-refractivity contribution is 5.93. The zero-order chi connectivity index (χ0) is 22.7. The number of hydrogen-bond acceptors (Lipinski definition) is 6. The van der Waals surface area contributed by atoms with Gasteiger partial charge in [0.2, 0.25) is 5.91 Å². The minimum atomic E-state index is -0.0789. The third-order valence-electron chi connectivity index (χ3n) is 6.98. The second-order valence-corrected chi connectivity index (χ2v) is 9.17. The van der Waals surface area contributed by atoms with Crippen LogP contribution in [-0.4, -0.2) is 58.3 Å². The minimum Gasteiger partial charge on any atom is -0.351 e. The van der Waals surface area contributed by atoms with E-state index in [0.29, 0.717) is 23.5 Å². The molecule has 0 aromatic carbocycles. The summed E-state index contributed by atoms with van der Waals surface area (Å²) in [6.07, 6.45) is 8.47. The first-order valence-electron chi connectivity index (χ1n) is 11.6. The average molecular weight is 436 g/mol. The Morgan fingerprint density at radius 2 is 2.06 bits per heavy atom. The summed E-state index contributed by atoms with van der Waals surface area (Å²) in [5, 5.41) is 21.1. The van der Waals surface area contributed by atoms with Crippen molar-refractivity contribution in [3.63, 3.8) is 0 Å². The highest BCUT2D eigenvalue weighted by atomic mass is 16.2. The van der Waals surface area contributed by atoms with E-state index in [9.17, 15) is 10.1 Å². The van der Waals surface area contributed by atoms with Crippen LogP contribution in [0.5, 0.6) is 0 Å². The van der Waals surface area contributed by atoms with Crippen LogP contribution in [0.1, 0.15) is 61.4 Å². The third-order valence-corrected chi connectivity index (χ3v) is 6.98. The van der Waals surface area contributed by atoms with Crippen molar-refractivity contribution in [1.82, 2.24) is 19.7 Å². The number of aromatic nitrogens is 3. The lowest BCUT2D eigenvalue weighted by Gasteiger charge is -2.29. The van der Waals surface area contributed by atoms with Gasteiger partial charge in [0.15, 0.2) is 5.82 Å². The Balaban J connectivity index is 1.43. The molecule has 0 spiro atoms. The van der Waals surface area contributed by atoms with E-state index in [1.807, 2.05) is 26.1 Å². The van der Waals surface area contributed by atoms with Gasteiger partial charge in [-0.3, -0.25) is 9.69 Å². The van der Waals surface area contributed by atoms with E-state index in [-0.39, 0.29) is 12.5 Å². The molecule has 2 aromatic heterocycles. The summed E-state index contributed by atoms with van der Waals surface area (Å²) in [5.74, 6) is 1.49. The molecule has 2 aromatic rings. The van der Waals surface area contributed by atoms with Crippen LogP contribution < -0.4 is 10.2 Å². The molecule has 1 N–H and O–H groups in total. The van der Waals surface area contributed by atoms with Gasteiger partial charge < -0.3 is 14.8 Å². The fourth-order valence-electron chi connectivity index (χ4n) is 5.32. The first-order valence-corrected chi connectivity index (χ1v) is 11.6. The van der Waals surface area contributed by atoms with E-state index < -0.39 is 0 Å². The normalized spacial score (nSPS) is 19.0. The monoisotopic (exact) mass is 435 g/mol. The van der Waals surface area contributed by atoms with Crippen LogP contribution in [0, 0.1) is 25.2 Å². The van der Waals surface area contributed by atoms with Gasteiger partial charge in [-0.2, -0.15) is 10.4 Å². The van der Waals surface area contributed by atoms with Gasteiger partial charge in [-0.1, -0.05) is 12.8 Å². The number of nitrogens with zero attached hydrogens (tertiary/aromatic N) is 6. The summed E-state index contributed by atoms with van der Waals surface area (Å²) in [5.41, 5.74) is 2.64. The minimum absolute atomic E-state index is 0.0789. The molecule has 1 amide bonds. The molecule has 8 heteroatoms. The number of amides is 1. The van der Waals surface area contributed by atoms with E-state index in [1.54, 1.807) is 6.20 Å². The number of likely N-dealkylation sites (N-methyl/N-ethyl adjacent to an activating group) is 1. The fourth-order valence-corrected chi connectivity index (χ4v) is 5.32. The van der Waals surface area contributed by atoms with Gasteiger partial charge in [-0.25, -0.2) is 0 Å². The van der Waals surface area contributed by atoms with Crippen LogP contribution in [0.2, 0.25) is 0 Å². The Bertz CT molecular complexity index is 988. The van der Waals surface area contributed by atoms with Crippen molar-refractivity contribution < 1.29 is 4.79 Å². The van der Waals surface area contributed by atoms with Gasteiger partial charge in [-0.05, 0) is 64.3 Å². The third kappa shape index (κ3) is 4.49. The largest absolute Gasteiger partial charge is 0.351 e. The first kappa shape index (κ1) is 22.3. The number of carbonyl (C=O) groups is 1. The fraction of sp³-hybridized carbons (Fsp3) is 0.583. The van der Waals surface area contributed by atoms with Crippen LogP contribution in [-0.2, 0) is 4.79 Å². The Kier molecular flexibility index (Phi) is 6.75. The van der Waals surface area contributed by atoms with Crippen LogP contribution in [0.15, 0.2) is 18.3 Å². The maximum Gasteiger partial charge on any atom is 0.239 e. The number of nitriles is 1. The zero-order valence-corrected chi connectivity index (χ0v) is 19.3. The highest BCUT2D eigenvalue weighted by Crippen LogP contribution is 2.37. The second-order valence-electron chi connectivity index (χ2n) is 9.17. The van der Waals surface area contributed by atoms with E-state index in [0.717, 1.165) is 55.8 Å². The number of rotatable bonds is 7. The lowest BCUT2D eigenvalue weighted by Crippen LogP contribution is -2.42. The summed E-state index contributed by atoms with van der Waals surface area (Å²) in [6.45, 7) is 6.04. The van der Waals surface area contributed by atoms with E-state index in [2.05, 4.69) is 42.9 Å². The van der Waals surface area contributed by atoms with Crippen molar-refractivity contribution in [3.05, 3.63) is 35.2 Å². The second kappa shape index (κ2) is 9.70. The van der Waals surface area contributed by atoms with Crippen LogP contribution in [0.25, 0.3) is 0 Å². The van der Waals surface area contributed by atoms with E-state index in [1.165, 1.54) is 12.8 Å². The molecule has 4 rings (SSSR count). The van der Waals surface area contributed by atoms with Crippen molar-refractivity contribution in [3.8, 4) is 6.07 Å². The molecule has 1 aliphatic heterocycles. The summed E-state index contributed by atoms with van der Waals surface area (Å²) >= 11 is 0. The standard InChI is InChI=1S/C24H33N7O/c1-17-18(2)31(19-8-4-5-9-19)24(21(17)14-25)27-23(32)16-29(3)15-20-10-7-13-30(20)22-11-6-12-26-28-22/h6,11-12,19-20H,4-5,7-10,13,15-16H2,1-3H3,(H,27,32). The topological polar surface area (TPSA) is 90.1 Å². The molecule has 1 aliphatic carbocycles. The molecule has 8 nitrogen and oxygen atoms in total. The highest BCUT2D eigenvalue weighted by Gasteiger charge is 2.29. The first-order chi connectivity index (χ1) is 15.5. The smallest absolute Gasteiger partial charge is 0.239 e. The SMILES string of the molecule is Cc1c(C#N)c(NC(=O)CN(C)CC2CCCN2c2cccnn2)n(C2CCCC2)c1C. The molecule has 3 heterocycles. The number of anilines is 2. The van der Waals surface area contributed by atoms with E-state index in [4.69, 9.17) is 0 Å². The molecule has 1 unspecified atom stereocenters. The summed E-state index contributed by atoms with van der Waals surface area (Å²) in [6, 6.07) is 6.89.